The van der Waals surface area contributed by atoms with Crippen LogP contribution in [-0.4, -0.2) is 22.9 Å². The molecule has 2 atom stereocenters. The Morgan fingerprint density at radius 2 is 1.29 bits per heavy atom. The largest absolute Gasteiger partial charge is 0.243 e. The zero-order valence-corrected chi connectivity index (χ0v) is 14.4. The van der Waals surface area contributed by atoms with E-state index in [1.165, 1.54) is 0 Å². The molecule has 7 heteroatoms. The van der Waals surface area contributed by atoms with Gasteiger partial charge >= 0.3 is 0 Å². The van der Waals surface area contributed by atoms with Crippen LogP contribution in [0.5, 0.6) is 0 Å². The monoisotopic (exact) mass is 332 g/mol. The minimum absolute atomic E-state index is 0.238. The van der Waals surface area contributed by atoms with Crippen LogP contribution in [0.15, 0.2) is 9.98 Å². The highest BCUT2D eigenvalue weighted by molar-refractivity contribution is 8.08. The second-order valence-electron chi connectivity index (χ2n) is 4.60. The van der Waals surface area contributed by atoms with Gasteiger partial charge in [0.2, 0.25) is 12.2 Å². The van der Waals surface area contributed by atoms with Gasteiger partial charge in [-0.3, -0.25) is 0 Å². The summed E-state index contributed by atoms with van der Waals surface area (Å²) in [6, 6.07) is 0. The third-order valence-electron chi connectivity index (χ3n) is 2.80. The quantitative estimate of drug-likeness (QED) is 0.198. The Labute approximate surface area is 135 Å². The fraction of sp³-hybridized carbons (Fsp3) is 0.857. The van der Waals surface area contributed by atoms with Gasteiger partial charge in [-0.1, -0.05) is 52.4 Å². The summed E-state index contributed by atoms with van der Waals surface area (Å²) in [6.07, 6.45) is 11.2. The molecule has 0 heterocycles. The number of unbranched alkanes of at least 4 members (excludes halogenated alkanes) is 4. The lowest BCUT2D eigenvalue weighted by molar-refractivity contribution is 0.557. The van der Waals surface area contributed by atoms with Crippen LogP contribution in [0.1, 0.15) is 65.2 Å². The normalized spacial score (nSPS) is 13.0. The van der Waals surface area contributed by atoms with E-state index in [4.69, 9.17) is 3.63 Å². The van der Waals surface area contributed by atoms with Crippen molar-refractivity contribution >= 4 is 36.2 Å². The van der Waals surface area contributed by atoms with Gasteiger partial charge in [0.1, 0.15) is 10.7 Å². The van der Waals surface area contributed by atoms with Crippen LogP contribution in [0, 0.1) is 0 Å². The molecule has 0 N–H and O–H groups in total. The molecule has 0 amide bonds. The maximum absolute atomic E-state index is 10.4. The summed E-state index contributed by atoms with van der Waals surface area (Å²) in [7, 11) is 0. The fourth-order valence-electron chi connectivity index (χ4n) is 1.64. The second-order valence-corrected chi connectivity index (χ2v) is 6.62. The third-order valence-corrected chi connectivity index (χ3v) is 4.56. The summed E-state index contributed by atoms with van der Waals surface area (Å²) in [5.41, 5.74) is 0. The van der Waals surface area contributed by atoms with Crippen molar-refractivity contribution in [1.82, 2.24) is 0 Å². The van der Waals surface area contributed by atoms with E-state index in [9.17, 15) is 9.59 Å². The number of isocyanates is 2. The maximum atomic E-state index is 10.4. The Morgan fingerprint density at radius 1 is 0.857 bits per heavy atom. The molecule has 0 bridgehead atoms. The van der Waals surface area contributed by atoms with Crippen molar-refractivity contribution in [1.29, 1.82) is 0 Å². The summed E-state index contributed by atoms with van der Waals surface area (Å²) < 4.78 is 5.41. The van der Waals surface area contributed by atoms with Gasteiger partial charge in [0.05, 0.1) is 0 Å². The van der Waals surface area contributed by atoms with Crippen molar-refractivity contribution in [2.24, 2.45) is 9.98 Å². The van der Waals surface area contributed by atoms with Crippen LogP contribution in [0.25, 0.3) is 0 Å². The highest BCUT2D eigenvalue weighted by Crippen LogP contribution is 2.29. The highest BCUT2D eigenvalue weighted by Gasteiger charge is 2.13. The predicted octanol–water partition coefficient (Wildman–Crippen LogP) is 4.78. The van der Waals surface area contributed by atoms with Crippen LogP contribution < -0.4 is 0 Å². The standard InChI is InChI=1S/C14H24N2O3S2/c1-3-5-7-9-13(15-11-17)20-19-21-14(16-12-18)10-8-6-4-2/h13-14H,3-10H2,1-2H3. The van der Waals surface area contributed by atoms with Crippen LogP contribution >= 0.6 is 24.1 Å². The van der Waals surface area contributed by atoms with Crippen molar-refractivity contribution in [2.75, 3.05) is 0 Å². The first-order valence-electron chi connectivity index (χ1n) is 7.41. The smallest absolute Gasteiger partial charge is 0.236 e. The van der Waals surface area contributed by atoms with Gasteiger partial charge < -0.3 is 0 Å². The Kier molecular flexibility index (Phi) is 15.4. The second kappa shape index (κ2) is 15.8. The molecule has 0 aliphatic rings. The molecule has 120 valence electrons. The number of hydrogen-bond donors (Lipinski definition) is 0. The average Bonchev–Trinajstić information content (AvgIpc) is 2.47. The summed E-state index contributed by atoms with van der Waals surface area (Å²) in [5, 5.41) is -0.476. The highest BCUT2D eigenvalue weighted by atomic mass is 32.2. The van der Waals surface area contributed by atoms with Crippen molar-refractivity contribution in [2.45, 2.75) is 76.0 Å². The molecule has 21 heavy (non-hydrogen) atoms. The first kappa shape index (κ1) is 20.4. The number of carbonyl (C=O) groups excluding carboxylic acids is 2. The SMILES string of the molecule is CCCCCC(N=C=O)SOSC(CCCCC)N=C=O. The molecule has 0 radical (unpaired) electrons. The topological polar surface area (TPSA) is 68.1 Å². The number of nitrogens with zero attached hydrogens (tertiary/aromatic N) is 2. The van der Waals surface area contributed by atoms with E-state index in [1.54, 1.807) is 12.2 Å². The van der Waals surface area contributed by atoms with E-state index in [-0.39, 0.29) is 10.7 Å². The predicted molar refractivity (Wildman–Crippen MR) is 88.4 cm³/mol. The zero-order chi connectivity index (χ0) is 15.8. The molecule has 0 fully saturated rings. The molecule has 2 unspecified atom stereocenters. The molecule has 0 aromatic heterocycles. The van der Waals surface area contributed by atoms with E-state index in [0.717, 1.165) is 75.5 Å². The van der Waals surface area contributed by atoms with Gasteiger partial charge in [0.15, 0.2) is 0 Å². The zero-order valence-electron chi connectivity index (χ0n) is 12.7. The van der Waals surface area contributed by atoms with E-state index >= 15 is 0 Å². The van der Waals surface area contributed by atoms with Gasteiger partial charge in [0.25, 0.3) is 0 Å². The summed E-state index contributed by atoms with van der Waals surface area (Å²) in [6.45, 7) is 4.24. The van der Waals surface area contributed by atoms with E-state index in [2.05, 4.69) is 23.8 Å². The lowest BCUT2D eigenvalue weighted by atomic mass is 10.2. The summed E-state index contributed by atoms with van der Waals surface area (Å²) >= 11 is 2.27. The van der Waals surface area contributed by atoms with Crippen molar-refractivity contribution < 1.29 is 13.2 Å². The maximum Gasteiger partial charge on any atom is 0.236 e. The molecule has 5 nitrogen and oxygen atoms in total. The summed E-state index contributed by atoms with van der Waals surface area (Å²) in [4.78, 5) is 28.2. The lowest BCUT2D eigenvalue weighted by Crippen LogP contribution is -2.02. The van der Waals surface area contributed by atoms with Crippen LogP contribution in [0.4, 0.5) is 0 Å². The molecule has 0 saturated heterocycles. The molecular formula is C14H24N2O3S2. The lowest BCUT2D eigenvalue weighted by Gasteiger charge is -2.11. The summed E-state index contributed by atoms with van der Waals surface area (Å²) in [5.74, 6) is 0. The van der Waals surface area contributed by atoms with E-state index < -0.39 is 0 Å². The minimum Gasteiger partial charge on any atom is -0.243 e. The van der Waals surface area contributed by atoms with Gasteiger partial charge in [0, 0.05) is 24.1 Å². The third kappa shape index (κ3) is 12.8. The number of aliphatic imine (C=N–C) groups is 2. The van der Waals surface area contributed by atoms with Gasteiger partial charge in [-0.15, -0.1) is 0 Å². The molecule has 0 aromatic carbocycles. The Morgan fingerprint density at radius 3 is 1.62 bits per heavy atom. The molecule has 0 aromatic rings. The van der Waals surface area contributed by atoms with Gasteiger partial charge in [-0.25, -0.2) is 13.2 Å². The van der Waals surface area contributed by atoms with Gasteiger partial charge in [-0.05, 0) is 12.8 Å². The first-order chi connectivity index (χ1) is 10.3. The minimum atomic E-state index is -0.238. The average molecular weight is 332 g/mol. The van der Waals surface area contributed by atoms with E-state index in [1.807, 2.05) is 0 Å². The molecular weight excluding hydrogens is 308 g/mol. The fourth-order valence-corrected chi connectivity index (χ4v) is 3.24. The van der Waals surface area contributed by atoms with Crippen LogP contribution in [-0.2, 0) is 13.2 Å². The van der Waals surface area contributed by atoms with Crippen molar-refractivity contribution in [3.63, 3.8) is 0 Å². The Bertz CT molecular complexity index is 311. The first-order valence-corrected chi connectivity index (χ1v) is 9.02. The van der Waals surface area contributed by atoms with Crippen molar-refractivity contribution in [3.8, 4) is 0 Å². The Balaban J connectivity index is 4.05. The molecule has 0 aliphatic carbocycles. The molecule has 0 saturated carbocycles. The Hall–Kier alpha value is -0.580. The number of hydrogen-bond acceptors (Lipinski definition) is 7. The molecule has 0 aliphatic heterocycles. The van der Waals surface area contributed by atoms with Crippen molar-refractivity contribution in [3.05, 3.63) is 0 Å². The van der Waals surface area contributed by atoms with Gasteiger partial charge in [-0.2, -0.15) is 9.98 Å². The van der Waals surface area contributed by atoms with Crippen LogP contribution in [0.2, 0.25) is 0 Å². The number of rotatable bonds is 14. The van der Waals surface area contributed by atoms with Crippen LogP contribution in [0.3, 0.4) is 0 Å². The molecule has 0 spiro atoms. The molecule has 0 rings (SSSR count). The van der Waals surface area contributed by atoms with E-state index in [0.29, 0.717) is 0 Å².